The summed E-state index contributed by atoms with van der Waals surface area (Å²) in [5.41, 5.74) is 4.22. The molecule has 29 heavy (non-hydrogen) atoms. The summed E-state index contributed by atoms with van der Waals surface area (Å²) in [6, 6.07) is 5.74. The molecule has 0 radical (unpaired) electrons. The molecule has 1 N–H and O–H groups in total. The molecule has 2 aromatic heterocycles. The highest BCUT2D eigenvalue weighted by Gasteiger charge is 2.45. The van der Waals surface area contributed by atoms with E-state index in [2.05, 4.69) is 24.1 Å². The standard InChI is InChI=1S/C23H25N3O2S/c1-13-5-7-24-18(9-13)26-22(28)19-14(2)25-16-10-23(3,4)11-17(27)21(16)20(19)15-6-8-29-12-15/h5-9,12,19-20H,10-11H2,1-4H3,(H,24,26,28)/t19?,20-/m1/s1. The number of aliphatic imine (C=N–C) groups is 1. The van der Waals surface area contributed by atoms with Crippen LogP contribution < -0.4 is 5.32 Å². The minimum Gasteiger partial charge on any atom is -0.310 e. The number of nitrogens with one attached hydrogen (secondary N) is 1. The maximum Gasteiger partial charge on any atom is 0.235 e. The number of Topliss-reactive ketones (excluding diaryl/α,β-unsaturated/α-hetero) is 1. The van der Waals surface area contributed by atoms with Crippen molar-refractivity contribution in [3.8, 4) is 0 Å². The summed E-state index contributed by atoms with van der Waals surface area (Å²) in [5, 5.41) is 6.96. The van der Waals surface area contributed by atoms with Crippen molar-refractivity contribution in [1.29, 1.82) is 0 Å². The van der Waals surface area contributed by atoms with E-state index in [9.17, 15) is 9.59 Å². The monoisotopic (exact) mass is 407 g/mol. The second-order valence-corrected chi connectivity index (χ2v) is 9.55. The van der Waals surface area contributed by atoms with Crippen LogP contribution in [0, 0.1) is 18.3 Å². The Morgan fingerprint density at radius 1 is 1.24 bits per heavy atom. The van der Waals surface area contributed by atoms with E-state index in [1.807, 2.05) is 42.8 Å². The Morgan fingerprint density at radius 3 is 2.72 bits per heavy atom. The molecule has 4 rings (SSSR count). The number of aryl methyl sites for hydroxylation is 1. The predicted molar refractivity (Wildman–Crippen MR) is 116 cm³/mol. The van der Waals surface area contributed by atoms with E-state index in [0.717, 1.165) is 29.0 Å². The van der Waals surface area contributed by atoms with Gasteiger partial charge in [-0.3, -0.25) is 14.6 Å². The highest BCUT2D eigenvalue weighted by molar-refractivity contribution is 7.08. The van der Waals surface area contributed by atoms with E-state index in [4.69, 9.17) is 4.99 Å². The molecule has 1 amide bonds. The number of rotatable bonds is 3. The SMILES string of the molecule is CC1=NC2=C(C(=O)CC(C)(C)C2)[C@H](c2ccsc2)C1C(=O)Nc1cc(C)ccn1. The predicted octanol–water partition coefficient (Wildman–Crippen LogP) is 4.91. The molecule has 0 spiro atoms. The summed E-state index contributed by atoms with van der Waals surface area (Å²) in [5.74, 6) is -0.388. The fourth-order valence-corrected chi connectivity index (χ4v) is 5.10. The molecule has 150 valence electrons. The third-order valence-electron chi connectivity index (χ3n) is 5.65. The van der Waals surface area contributed by atoms with Crippen molar-refractivity contribution < 1.29 is 9.59 Å². The second-order valence-electron chi connectivity index (χ2n) is 8.77. The van der Waals surface area contributed by atoms with E-state index in [0.29, 0.717) is 17.8 Å². The average molecular weight is 408 g/mol. The number of hydrogen-bond acceptors (Lipinski definition) is 5. The zero-order chi connectivity index (χ0) is 20.8. The summed E-state index contributed by atoms with van der Waals surface area (Å²) >= 11 is 1.58. The number of anilines is 1. The van der Waals surface area contributed by atoms with Gasteiger partial charge >= 0.3 is 0 Å². The molecule has 5 nitrogen and oxygen atoms in total. The van der Waals surface area contributed by atoms with Crippen molar-refractivity contribution in [2.45, 2.75) is 46.5 Å². The number of ketones is 1. The molecule has 1 aliphatic heterocycles. The van der Waals surface area contributed by atoms with Crippen LogP contribution in [-0.2, 0) is 9.59 Å². The van der Waals surface area contributed by atoms with Crippen molar-refractivity contribution in [3.05, 3.63) is 57.6 Å². The first-order valence-corrected chi connectivity index (χ1v) is 10.8. The number of carbonyl (C=O) groups is 2. The summed E-state index contributed by atoms with van der Waals surface area (Å²) < 4.78 is 0. The summed E-state index contributed by atoms with van der Waals surface area (Å²) in [6.45, 7) is 8.05. The molecule has 2 aromatic rings. The Labute approximate surface area is 175 Å². The lowest BCUT2D eigenvalue weighted by atomic mass is 9.67. The van der Waals surface area contributed by atoms with Gasteiger partial charge in [0.1, 0.15) is 5.82 Å². The highest BCUT2D eigenvalue weighted by atomic mass is 32.1. The van der Waals surface area contributed by atoms with Crippen molar-refractivity contribution >= 4 is 34.6 Å². The third-order valence-corrected chi connectivity index (χ3v) is 6.36. The molecule has 6 heteroatoms. The first kappa shape index (κ1) is 19.7. The number of thiophene rings is 1. The van der Waals surface area contributed by atoms with E-state index in [-0.39, 0.29) is 23.0 Å². The lowest BCUT2D eigenvalue weighted by molar-refractivity contribution is -0.119. The molecule has 0 fully saturated rings. The number of aromatic nitrogens is 1. The molecular formula is C23H25N3O2S. The summed E-state index contributed by atoms with van der Waals surface area (Å²) in [6.07, 6.45) is 2.91. The molecule has 0 saturated carbocycles. The Kier molecular flexibility index (Phi) is 4.99. The van der Waals surface area contributed by atoms with E-state index < -0.39 is 5.92 Å². The maximum atomic E-state index is 13.3. The Morgan fingerprint density at radius 2 is 2.03 bits per heavy atom. The van der Waals surface area contributed by atoms with Gasteiger partial charge in [0.2, 0.25) is 5.91 Å². The molecule has 0 saturated heterocycles. The lowest BCUT2D eigenvalue weighted by Crippen LogP contribution is -2.40. The minimum atomic E-state index is -0.532. The number of carbonyl (C=O) groups excluding carboxylic acids is 2. The van der Waals surface area contributed by atoms with Crippen LogP contribution in [0.25, 0.3) is 0 Å². The van der Waals surface area contributed by atoms with Gasteiger partial charge in [0, 0.05) is 35.5 Å². The molecule has 2 atom stereocenters. The highest BCUT2D eigenvalue weighted by Crippen LogP contribution is 2.48. The van der Waals surface area contributed by atoms with Gasteiger partial charge in [-0.15, -0.1) is 0 Å². The van der Waals surface area contributed by atoms with Gasteiger partial charge in [-0.1, -0.05) is 13.8 Å². The van der Waals surface area contributed by atoms with Crippen LogP contribution in [-0.4, -0.2) is 22.4 Å². The molecule has 2 aliphatic rings. The number of allylic oxidation sites excluding steroid dienone is 2. The number of pyridine rings is 1. The fraction of sp³-hybridized carbons (Fsp3) is 0.391. The quantitative estimate of drug-likeness (QED) is 0.786. The zero-order valence-electron chi connectivity index (χ0n) is 17.2. The zero-order valence-corrected chi connectivity index (χ0v) is 18.0. The third kappa shape index (κ3) is 3.81. The lowest BCUT2D eigenvalue weighted by Gasteiger charge is -2.38. The topological polar surface area (TPSA) is 71.4 Å². The molecule has 0 bridgehead atoms. The van der Waals surface area contributed by atoms with Crippen molar-refractivity contribution in [1.82, 2.24) is 4.98 Å². The van der Waals surface area contributed by atoms with Gasteiger partial charge in [0.25, 0.3) is 0 Å². The first-order valence-electron chi connectivity index (χ1n) is 9.82. The van der Waals surface area contributed by atoms with Crippen LogP contribution in [0.15, 0.2) is 51.4 Å². The smallest absolute Gasteiger partial charge is 0.235 e. The summed E-state index contributed by atoms with van der Waals surface area (Å²) in [4.78, 5) is 35.5. The van der Waals surface area contributed by atoms with Gasteiger partial charge in [-0.25, -0.2) is 4.98 Å². The average Bonchev–Trinajstić information content (AvgIpc) is 3.13. The van der Waals surface area contributed by atoms with Gasteiger partial charge in [-0.05, 0) is 65.8 Å². The second kappa shape index (κ2) is 7.34. The Balaban J connectivity index is 1.76. The van der Waals surface area contributed by atoms with Crippen LogP contribution in [0.1, 0.15) is 50.7 Å². The van der Waals surface area contributed by atoms with Crippen LogP contribution in [0.5, 0.6) is 0 Å². The van der Waals surface area contributed by atoms with Gasteiger partial charge in [0.15, 0.2) is 5.78 Å². The van der Waals surface area contributed by atoms with Crippen LogP contribution in [0.4, 0.5) is 5.82 Å². The minimum absolute atomic E-state index is 0.107. The fourth-order valence-electron chi connectivity index (χ4n) is 4.41. The van der Waals surface area contributed by atoms with Crippen LogP contribution in [0.3, 0.4) is 0 Å². The van der Waals surface area contributed by atoms with E-state index in [1.54, 1.807) is 17.5 Å². The molecular weight excluding hydrogens is 382 g/mol. The van der Waals surface area contributed by atoms with Crippen molar-refractivity contribution in [3.63, 3.8) is 0 Å². The van der Waals surface area contributed by atoms with Crippen LogP contribution >= 0.6 is 11.3 Å². The van der Waals surface area contributed by atoms with Gasteiger partial charge in [0.05, 0.1) is 5.92 Å². The van der Waals surface area contributed by atoms with Gasteiger partial charge in [-0.2, -0.15) is 11.3 Å². The molecule has 1 unspecified atom stereocenters. The van der Waals surface area contributed by atoms with Crippen molar-refractivity contribution in [2.24, 2.45) is 16.3 Å². The molecule has 3 heterocycles. The van der Waals surface area contributed by atoms with E-state index in [1.165, 1.54) is 0 Å². The molecule has 0 aromatic carbocycles. The molecule has 1 aliphatic carbocycles. The van der Waals surface area contributed by atoms with Crippen LogP contribution in [0.2, 0.25) is 0 Å². The van der Waals surface area contributed by atoms with E-state index >= 15 is 0 Å². The Hall–Kier alpha value is -2.60. The largest absolute Gasteiger partial charge is 0.310 e. The van der Waals surface area contributed by atoms with Crippen molar-refractivity contribution in [2.75, 3.05) is 5.32 Å². The van der Waals surface area contributed by atoms with Gasteiger partial charge < -0.3 is 5.32 Å². The Bertz CT molecular complexity index is 1030. The normalized spacial score (nSPS) is 23.4. The summed E-state index contributed by atoms with van der Waals surface area (Å²) in [7, 11) is 0. The number of amides is 1. The number of hydrogen-bond donors (Lipinski definition) is 1. The number of nitrogens with zero attached hydrogens (tertiary/aromatic N) is 2. The first-order chi connectivity index (χ1) is 13.7. The maximum absolute atomic E-state index is 13.3.